The monoisotopic (exact) mass is 447 g/mol. The number of hydrogen-bond acceptors (Lipinski definition) is 4. The summed E-state index contributed by atoms with van der Waals surface area (Å²) in [6.45, 7) is 5.89. The van der Waals surface area contributed by atoms with E-state index in [9.17, 15) is 10.1 Å². The number of para-hydroxylation sites is 1. The summed E-state index contributed by atoms with van der Waals surface area (Å²) >= 11 is 6.38. The van der Waals surface area contributed by atoms with E-state index in [-0.39, 0.29) is 5.92 Å². The molecule has 0 saturated carbocycles. The molecule has 4 nitrogen and oxygen atoms in total. The van der Waals surface area contributed by atoms with Crippen LogP contribution in [-0.4, -0.2) is 5.97 Å². The summed E-state index contributed by atoms with van der Waals surface area (Å²) in [7, 11) is 0. The van der Waals surface area contributed by atoms with Crippen LogP contribution in [0.1, 0.15) is 36.6 Å². The first kappa shape index (κ1) is 23.4. The lowest BCUT2D eigenvalue weighted by molar-refractivity contribution is -0.153. The van der Waals surface area contributed by atoms with Gasteiger partial charge in [-0.1, -0.05) is 67.9 Å². The van der Waals surface area contributed by atoms with Gasteiger partial charge in [0.15, 0.2) is 0 Å². The van der Waals surface area contributed by atoms with E-state index in [1.54, 1.807) is 24.3 Å². The normalized spacial score (nSPS) is 12.6. The van der Waals surface area contributed by atoms with Crippen LogP contribution in [0, 0.1) is 30.1 Å². The van der Waals surface area contributed by atoms with Crippen molar-refractivity contribution in [1.29, 1.82) is 5.26 Å². The average Bonchev–Trinajstić information content (AvgIpc) is 2.77. The zero-order valence-corrected chi connectivity index (χ0v) is 19.2. The molecule has 2 atom stereocenters. The van der Waals surface area contributed by atoms with Gasteiger partial charge in [-0.2, -0.15) is 5.26 Å². The Morgan fingerprint density at radius 3 is 2.38 bits per heavy atom. The van der Waals surface area contributed by atoms with Gasteiger partial charge in [0.25, 0.3) is 0 Å². The maximum atomic E-state index is 13.0. The van der Waals surface area contributed by atoms with Crippen LogP contribution < -0.4 is 4.74 Å². The fourth-order valence-corrected chi connectivity index (χ4v) is 3.70. The molecule has 2 unspecified atom stereocenters. The van der Waals surface area contributed by atoms with E-state index in [4.69, 9.17) is 21.1 Å². The third-order valence-electron chi connectivity index (χ3n) is 5.25. The van der Waals surface area contributed by atoms with Crippen LogP contribution in [0.4, 0.5) is 0 Å². The fraction of sp³-hybridized carbons (Fsp3) is 0.259. The smallest absolute Gasteiger partial charge is 0.311 e. The van der Waals surface area contributed by atoms with Crippen molar-refractivity contribution < 1.29 is 14.3 Å². The molecule has 3 aromatic carbocycles. The van der Waals surface area contributed by atoms with Crippen LogP contribution in [0.3, 0.4) is 0 Å². The Labute approximate surface area is 194 Å². The molecule has 0 saturated heterocycles. The van der Waals surface area contributed by atoms with E-state index in [1.165, 1.54) is 0 Å². The van der Waals surface area contributed by atoms with Crippen LogP contribution in [0.5, 0.6) is 11.5 Å². The summed E-state index contributed by atoms with van der Waals surface area (Å²) in [5, 5.41) is 10.3. The second kappa shape index (κ2) is 10.8. The lowest BCUT2D eigenvalue weighted by Gasteiger charge is -2.22. The second-order valence-corrected chi connectivity index (χ2v) is 8.49. The number of benzene rings is 3. The topological polar surface area (TPSA) is 59.3 Å². The summed E-state index contributed by atoms with van der Waals surface area (Å²) < 4.78 is 11.5. The summed E-state index contributed by atoms with van der Waals surface area (Å²) in [5.41, 5.74) is 2.51. The highest BCUT2D eigenvalue weighted by atomic mass is 35.5. The summed E-state index contributed by atoms with van der Waals surface area (Å²) in [5.74, 6) is 0.432. The molecule has 0 amide bonds. The minimum Gasteiger partial charge on any atom is -0.457 e. The maximum Gasteiger partial charge on any atom is 0.311 e. The van der Waals surface area contributed by atoms with Crippen LogP contribution >= 0.6 is 11.6 Å². The first-order valence-corrected chi connectivity index (χ1v) is 10.9. The van der Waals surface area contributed by atoms with Crippen LogP contribution in [-0.2, 0) is 16.0 Å². The van der Waals surface area contributed by atoms with Gasteiger partial charge < -0.3 is 9.47 Å². The molecule has 0 spiro atoms. The molecule has 164 valence electrons. The first-order valence-electron chi connectivity index (χ1n) is 10.6. The molecule has 32 heavy (non-hydrogen) atoms. The van der Waals surface area contributed by atoms with Gasteiger partial charge in [0.1, 0.15) is 17.6 Å². The van der Waals surface area contributed by atoms with Crippen molar-refractivity contribution >= 4 is 17.6 Å². The average molecular weight is 448 g/mol. The Kier molecular flexibility index (Phi) is 7.92. The Balaban J connectivity index is 1.75. The summed E-state index contributed by atoms with van der Waals surface area (Å²) in [6, 6.07) is 24.3. The second-order valence-electron chi connectivity index (χ2n) is 8.08. The molecule has 0 heterocycles. The quantitative estimate of drug-likeness (QED) is 0.346. The lowest BCUT2D eigenvalue weighted by atomic mass is 9.89. The molecule has 0 radical (unpaired) electrons. The van der Waals surface area contributed by atoms with Gasteiger partial charge in [0, 0.05) is 10.6 Å². The number of halogens is 1. The molecule has 0 aromatic heterocycles. The highest BCUT2D eigenvalue weighted by molar-refractivity contribution is 6.31. The van der Waals surface area contributed by atoms with Crippen LogP contribution in [0.25, 0.3) is 0 Å². The molecule has 3 rings (SSSR count). The van der Waals surface area contributed by atoms with Gasteiger partial charge in [-0.3, -0.25) is 4.79 Å². The Morgan fingerprint density at radius 1 is 1.00 bits per heavy atom. The van der Waals surface area contributed by atoms with Gasteiger partial charge >= 0.3 is 5.97 Å². The van der Waals surface area contributed by atoms with Crippen molar-refractivity contribution in [3.63, 3.8) is 0 Å². The van der Waals surface area contributed by atoms with Crippen molar-refractivity contribution in [2.24, 2.45) is 11.8 Å². The molecular formula is C27H26ClNO3. The van der Waals surface area contributed by atoms with Gasteiger partial charge in [-0.05, 0) is 60.7 Å². The van der Waals surface area contributed by atoms with Gasteiger partial charge in [0.05, 0.1) is 5.92 Å². The number of hydrogen-bond donors (Lipinski definition) is 0. The summed E-state index contributed by atoms with van der Waals surface area (Å²) in [6.07, 6.45) is -0.582. The van der Waals surface area contributed by atoms with Gasteiger partial charge in [-0.15, -0.1) is 0 Å². The molecule has 0 aliphatic rings. The van der Waals surface area contributed by atoms with E-state index in [0.29, 0.717) is 28.5 Å². The van der Waals surface area contributed by atoms with Crippen LogP contribution in [0.2, 0.25) is 5.02 Å². The Bertz CT molecular complexity index is 1110. The number of nitriles is 1. The van der Waals surface area contributed by atoms with E-state index in [2.05, 4.69) is 6.07 Å². The largest absolute Gasteiger partial charge is 0.457 e. The fourth-order valence-electron chi connectivity index (χ4n) is 3.38. The Morgan fingerprint density at radius 2 is 1.72 bits per heavy atom. The maximum absolute atomic E-state index is 13.0. The number of nitrogens with zero attached hydrogens (tertiary/aromatic N) is 1. The van der Waals surface area contributed by atoms with Crippen molar-refractivity contribution in [1.82, 2.24) is 0 Å². The lowest BCUT2D eigenvalue weighted by Crippen LogP contribution is -2.26. The third-order valence-corrected chi connectivity index (χ3v) is 5.60. The molecule has 0 bridgehead atoms. The predicted molar refractivity (Wildman–Crippen MR) is 126 cm³/mol. The van der Waals surface area contributed by atoms with E-state index >= 15 is 0 Å². The van der Waals surface area contributed by atoms with Gasteiger partial charge in [-0.25, -0.2) is 0 Å². The number of carbonyl (C=O) groups is 1. The van der Waals surface area contributed by atoms with Crippen molar-refractivity contribution in [3.8, 4) is 17.6 Å². The highest BCUT2D eigenvalue weighted by Gasteiger charge is 2.28. The first-order chi connectivity index (χ1) is 15.4. The highest BCUT2D eigenvalue weighted by Crippen LogP contribution is 2.29. The SMILES string of the molecule is Cc1ccc(CC(C(=O)OC(C#N)c2cccc(Oc3ccccc3)c2)C(C)C)c(Cl)c1. The molecular weight excluding hydrogens is 422 g/mol. The van der Waals surface area contributed by atoms with E-state index < -0.39 is 18.0 Å². The van der Waals surface area contributed by atoms with Crippen molar-refractivity contribution in [2.75, 3.05) is 0 Å². The molecule has 0 N–H and O–H groups in total. The van der Waals surface area contributed by atoms with Crippen LogP contribution in [0.15, 0.2) is 72.8 Å². The number of aryl methyl sites for hydroxylation is 1. The number of rotatable bonds is 8. The molecule has 0 fully saturated rings. The molecule has 0 aliphatic carbocycles. The van der Waals surface area contributed by atoms with Crippen molar-refractivity contribution in [3.05, 3.63) is 94.5 Å². The van der Waals surface area contributed by atoms with Gasteiger partial charge in [0.2, 0.25) is 6.10 Å². The number of esters is 1. The molecule has 3 aromatic rings. The number of carbonyl (C=O) groups excluding carboxylic acids is 1. The zero-order chi connectivity index (χ0) is 23.1. The minimum absolute atomic E-state index is 0.0203. The predicted octanol–water partition coefficient (Wildman–Crippen LogP) is 7.06. The van der Waals surface area contributed by atoms with E-state index in [1.807, 2.05) is 69.3 Å². The third kappa shape index (κ3) is 6.12. The Hall–Kier alpha value is -3.29. The molecule has 5 heteroatoms. The van der Waals surface area contributed by atoms with Crippen molar-refractivity contribution in [2.45, 2.75) is 33.3 Å². The minimum atomic E-state index is -1.03. The zero-order valence-electron chi connectivity index (χ0n) is 18.4. The van der Waals surface area contributed by atoms with E-state index in [0.717, 1.165) is 11.1 Å². The molecule has 0 aliphatic heterocycles. The standard InChI is InChI=1S/C27H26ClNO3/c1-18(2)24(16-20-13-12-19(3)14-25(20)28)27(30)32-26(17-29)21-8-7-11-23(15-21)31-22-9-5-4-6-10-22/h4-15,18,24,26H,16H2,1-3H3. The summed E-state index contributed by atoms with van der Waals surface area (Å²) in [4.78, 5) is 13.0. The number of ether oxygens (including phenoxy) is 2.